The molecule has 7 heteroatoms. The van der Waals surface area contributed by atoms with Crippen molar-refractivity contribution in [3.63, 3.8) is 0 Å². The number of aromatic nitrogens is 5. The summed E-state index contributed by atoms with van der Waals surface area (Å²) in [4.78, 5) is 0. The molecule has 0 bridgehead atoms. The van der Waals surface area contributed by atoms with Gasteiger partial charge in [0.2, 0.25) is 0 Å². The first-order valence-electron chi connectivity index (χ1n) is 8.06. The Balaban J connectivity index is 1.83. The molecule has 0 atom stereocenters. The summed E-state index contributed by atoms with van der Waals surface area (Å²) in [6, 6.07) is 17.5. The third kappa shape index (κ3) is 2.12. The van der Waals surface area contributed by atoms with Crippen molar-refractivity contribution < 1.29 is 4.52 Å². The van der Waals surface area contributed by atoms with Crippen LogP contribution in [-0.4, -0.2) is 25.0 Å². The monoisotopic (exact) mass is 361 g/mol. The van der Waals surface area contributed by atoms with Crippen molar-refractivity contribution in [2.75, 3.05) is 0 Å². The number of hydrogen-bond donors (Lipinski definition) is 0. The Morgan fingerprint density at radius 3 is 2.46 bits per heavy atom. The standard InChI is InChI=1S/C19H12ClN5O/c1-11-15(16(24-26-11)12-7-3-2-4-8-12)19-22-21-18-14-10-6-5-9-13(14)17(20)23-25(18)19/h2-10H,1H3. The Morgan fingerprint density at radius 2 is 1.65 bits per heavy atom. The Labute approximate surface area is 153 Å². The fraction of sp³-hybridized carbons (Fsp3) is 0.0526. The van der Waals surface area contributed by atoms with Gasteiger partial charge in [0.1, 0.15) is 11.5 Å². The summed E-state index contributed by atoms with van der Waals surface area (Å²) in [5.74, 6) is 1.19. The molecule has 0 amide bonds. The van der Waals surface area contributed by atoms with E-state index in [-0.39, 0.29) is 0 Å². The lowest BCUT2D eigenvalue weighted by Crippen LogP contribution is -1.98. The molecule has 3 heterocycles. The molecular weight excluding hydrogens is 350 g/mol. The minimum Gasteiger partial charge on any atom is -0.360 e. The Kier molecular flexibility index (Phi) is 3.26. The zero-order valence-electron chi connectivity index (χ0n) is 13.7. The van der Waals surface area contributed by atoms with E-state index in [4.69, 9.17) is 16.1 Å². The van der Waals surface area contributed by atoms with Crippen LogP contribution in [0.2, 0.25) is 5.15 Å². The summed E-state index contributed by atoms with van der Waals surface area (Å²) in [5, 5.41) is 19.5. The molecule has 0 spiro atoms. The van der Waals surface area contributed by atoms with Crippen LogP contribution in [0.1, 0.15) is 5.76 Å². The maximum atomic E-state index is 6.40. The maximum absolute atomic E-state index is 6.40. The van der Waals surface area contributed by atoms with Crippen LogP contribution in [0, 0.1) is 6.92 Å². The van der Waals surface area contributed by atoms with Gasteiger partial charge in [0.05, 0.1) is 5.56 Å². The van der Waals surface area contributed by atoms with Gasteiger partial charge in [0.15, 0.2) is 16.6 Å². The number of rotatable bonds is 2. The number of fused-ring (bicyclic) bond motifs is 3. The van der Waals surface area contributed by atoms with Crippen molar-refractivity contribution in [1.29, 1.82) is 0 Å². The Bertz CT molecular complexity index is 1260. The van der Waals surface area contributed by atoms with Gasteiger partial charge in [0, 0.05) is 16.3 Å². The number of hydrogen-bond acceptors (Lipinski definition) is 5. The summed E-state index contributed by atoms with van der Waals surface area (Å²) in [5.41, 5.74) is 3.02. The van der Waals surface area contributed by atoms with E-state index in [0.29, 0.717) is 28.1 Å². The van der Waals surface area contributed by atoms with Crippen LogP contribution in [-0.2, 0) is 0 Å². The van der Waals surface area contributed by atoms with E-state index < -0.39 is 0 Å². The minimum atomic E-state index is 0.393. The van der Waals surface area contributed by atoms with E-state index in [1.807, 2.05) is 61.5 Å². The number of nitrogens with zero attached hydrogens (tertiary/aromatic N) is 5. The van der Waals surface area contributed by atoms with Crippen molar-refractivity contribution in [3.8, 4) is 22.6 Å². The van der Waals surface area contributed by atoms with E-state index in [0.717, 1.165) is 21.9 Å². The first kappa shape index (κ1) is 15.0. The molecule has 6 nitrogen and oxygen atoms in total. The molecule has 0 fully saturated rings. The van der Waals surface area contributed by atoms with Gasteiger partial charge in [0.25, 0.3) is 0 Å². The number of halogens is 1. The maximum Gasteiger partial charge on any atom is 0.191 e. The second-order valence-electron chi connectivity index (χ2n) is 5.92. The number of benzene rings is 2. The van der Waals surface area contributed by atoms with Crippen LogP contribution < -0.4 is 0 Å². The molecule has 0 aliphatic rings. The molecule has 0 saturated heterocycles. The third-order valence-corrected chi connectivity index (χ3v) is 4.63. The fourth-order valence-corrected chi connectivity index (χ4v) is 3.37. The smallest absolute Gasteiger partial charge is 0.191 e. The SMILES string of the molecule is Cc1onc(-c2ccccc2)c1-c1nnc2c3ccccc3c(Cl)nn12. The highest BCUT2D eigenvalue weighted by Crippen LogP contribution is 2.34. The molecule has 5 rings (SSSR count). The van der Waals surface area contributed by atoms with Gasteiger partial charge in [-0.05, 0) is 6.92 Å². The minimum absolute atomic E-state index is 0.393. The van der Waals surface area contributed by atoms with E-state index >= 15 is 0 Å². The molecule has 0 N–H and O–H groups in total. The molecule has 0 aliphatic heterocycles. The van der Waals surface area contributed by atoms with Crippen LogP contribution in [0.4, 0.5) is 0 Å². The quantitative estimate of drug-likeness (QED) is 0.461. The average Bonchev–Trinajstić information content (AvgIpc) is 3.26. The van der Waals surface area contributed by atoms with Crippen molar-refractivity contribution in [2.45, 2.75) is 6.92 Å². The predicted molar refractivity (Wildman–Crippen MR) is 99.0 cm³/mol. The van der Waals surface area contributed by atoms with Crippen LogP contribution in [0.3, 0.4) is 0 Å². The first-order valence-corrected chi connectivity index (χ1v) is 8.43. The second kappa shape index (κ2) is 5.64. The van der Waals surface area contributed by atoms with Crippen molar-refractivity contribution >= 4 is 28.0 Å². The van der Waals surface area contributed by atoms with Crippen molar-refractivity contribution in [2.24, 2.45) is 0 Å². The van der Waals surface area contributed by atoms with Crippen LogP contribution in [0.25, 0.3) is 39.1 Å². The molecule has 0 radical (unpaired) electrons. The molecule has 26 heavy (non-hydrogen) atoms. The number of aryl methyl sites for hydroxylation is 1. The molecule has 126 valence electrons. The normalized spacial score (nSPS) is 11.5. The lowest BCUT2D eigenvalue weighted by Gasteiger charge is -2.04. The summed E-state index contributed by atoms with van der Waals surface area (Å²) >= 11 is 6.40. The van der Waals surface area contributed by atoms with E-state index in [2.05, 4.69) is 20.5 Å². The zero-order chi connectivity index (χ0) is 17.7. The molecule has 3 aromatic heterocycles. The predicted octanol–water partition coefficient (Wildman–Crippen LogP) is 4.56. The Hall–Kier alpha value is -3.25. The lowest BCUT2D eigenvalue weighted by atomic mass is 10.1. The lowest BCUT2D eigenvalue weighted by molar-refractivity contribution is 0.400. The third-order valence-electron chi connectivity index (χ3n) is 4.35. The summed E-state index contributed by atoms with van der Waals surface area (Å²) in [7, 11) is 0. The van der Waals surface area contributed by atoms with Crippen LogP contribution >= 0.6 is 11.6 Å². The highest BCUT2D eigenvalue weighted by Gasteiger charge is 2.23. The topological polar surface area (TPSA) is 69.1 Å². The van der Waals surface area contributed by atoms with Crippen molar-refractivity contribution in [1.82, 2.24) is 25.0 Å². The summed E-state index contributed by atoms with van der Waals surface area (Å²) in [6.45, 7) is 1.85. The van der Waals surface area contributed by atoms with E-state index in [1.54, 1.807) is 4.52 Å². The highest BCUT2D eigenvalue weighted by molar-refractivity contribution is 6.34. The van der Waals surface area contributed by atoms with E-state index in [9.17, 15) is 0 Å². The highest BCUT2D eigenvalue weighted by atomic mass is 35.5. The van der Waals surface area contributed by atoms with Gasteiger partial charge < -0.3 is 4.52 Å². The Morgan fingerprint density at radius 1 is 0.923 bits per heavy atom. The zero-order valence-corrected chi connectivity index (χ0v) is 14.5. The molecule has 0 saturated carbocycles. The molecule has 2 aromatic carbocycles. The average molecular weight is 362 g/mol. The first-order chi connectivity index (χ1) is 12.7. The molecule has 0 unspecified atom stereocenters. The van der Waals surface area contributed by atoms with Gasteiger partial charge in [-0.15, -0.1) is 10.2 Å². The van der Waals surface area contributed by atoms with Crippen LogP contribution in [0.15, 0.2) is 59.1 Å². The van der Waals surface area contributed by atoms with Gasteiger partial charge in [-0.25, -0.2) is 0 Å². The molecular formula is C19H12ClN5O. The van der Waals surface area contributed by atoms with Crippen molar-refractivity contribution in [3.05, 3.63) is 65.5 Å². The second-order valence-corrected chi connectivity index (χ2v) is 6.28. The largest absolute Gasteiger partial charge is 0.360 e. The van der Waals surface area contributed by atoms with Gasteiger partial charge >= 0.3 is 0 Å². The summed E-state index contributed by atoms with van der Waals surface area (Å²) < 4.78 is 7.10. The van der Waals surface area contributed by atoms with Crippen LogP contribution in [0.5, 0.6) is 0 Å². The molecule has 0 aliphatic carbocycles. The molecule has 5 aromatic rings. The van der Waals surface area contributed by atoms with E-state index in [1.165, 1.54) is 0 Å². The van der Waals surface area contributed by atoms with Gasteiger partial charge in [-0.1, -0.05) is 71.4 Å². The van der Waals surface area contributed by atoms with Gasteiger partial charge in [-0.3, -0.25) is 0 Å². The summed E-state index contributed by atoms with van der Waals surface area (Å²) in [6.07, 6.45) is 0. The van der Waals surface area contributed by atoms with Gasteiger partial charge in [-0.2, -0.15) is 9.61 Å². The fourth-order valence-electron chi connectivity index (χ4n) is 3.13.